The molecule has 0 aromatic heterocycles. The molecule has 5 heteroatoms. The van der Waals surface area contributed by atoms with E-state index in [0.717, 1.165) is 21.3 Å². The monoisotopic (exact) mass is 359 g/mol. The summed E-state index contributed by atoms with van der Waals surface area (Å²) in [6.07, 6.45) is 0. The highest BCUT2D eigenvalue weighted by atomic mass is 79.9. The minimum absolute atomic E-state index is 0.167. The molecule has 0 aliphatic rings. The largest absolute Gasteiger partial charge is 0.376 e. The van der Waals surface area contributed by atoms with Gasteiger partial charge >= 0.3 is 0 Å². The lowest BCUT2D eigenvalue weighted by molar-refractivity contribution is -0.120. The van der Waals surface area contributed by atoms with Gasteiger partial charge < -0.3 is 5.32 Å². The summed E-state index contributed by atoms with van der Waals surface area (Å²) in [6.45, 7) is 6.08. The molecule has 3 N–H and O–H groups in total. The van der Waals surface area contributed by atoms with Gasteiger partial charge in [0.2, 0.25) is 0 Å². The van der Waals surface area contributed by atoms with E-state index in [1.54, 1.807) is 0 Å². The van der Waals surface area contributed by atoms with E-state index in [1.165, 1.54) is 0 Å². The van der Waals surface area contributed by atoms with Crippen LogP contribution in [-0.2, 0) is 4.79 Å². The Morgan fingerprint density at radius 2 is 1.91 bits per heavy atom. The van der Waals surface area contributed by atoms with Crippen LogP contribution >= 0.6 is 15.9 Å². The number of carbonyl (C=O) groups excluding carboxylic acids is 1. The second kappa shape index (κ2) is 7.66. The van der Waals surface area contributed by atoms with Crippen molar-refractivity contribution in [3.05, 3.63) is 70.7 Å². The second-order valence-electron chi connectivity index (χ2n) is 4.83. The van der Waals surface area contributed by atoms with Crippen molar-refractivity contribution in [1.29, 1.82) is 0 Å². The van der Waals surface area contributed by atoms with E-state index in [9.17, 15) is 4.79 Å². The Labute approximate surface area is 138 Å². The molecule has 1 amide bonds. The summed E-state index contributed by atoms with van der Waals surface area (Å²) in [7, 11) is 0. The Bertz CT molecular complexity index is 685. The number of amides is 1. The first kappa shape index (κ1) is 16.1. The highest BCUT2D eigenvalue weighted by Gasteiger charge is 2.04. The lowest BCUT2D eigenvalue weighted by Gasteiger charge is -2.13. The van der Waals surface area contributed by atoms with E-state index < -0.39 is 0 Å². The molecule has 0 spiro atoms. The molecule has 22 heavy (non-hydrogen) atoms. The number of rotatable bonds is 6. The van der Waals surface area contributed by atoms with Crippen LogP contribution in [0.1, 0.15) is 11.1 Å². The van der Waals surface area contributed by atoms with Crippen molar-refractivity contribution >= 4 is 33.2 Å². The van der Waals surface area contributed by atoms with Gasteiger partial charge in [0.15, 0.2) is 0 Å². The summed E-state index contributed by atoms with van der Waals surface area (Å²) < 4.78 is 0.959. The quantitative estimate of drug-likeness (QED) is 0.692. The minimum atomic E-state index is -0.167. The van der Waals surface area contributed by atoms with E-state index >= 15 is 0 Å². The Hall–Kier alpha value is -2.27. The molecule has 2 aromatic rings. The summed E-state index contributed by atoms with van der Waals surface area (Å²) in [5.41, 5.74) is 9.03. The van der Waals surface area contributed by atoms with E-state index in [-0.39, 0.29) is 12.5 Å². The summed E-state index contributed by atoms with van der Waals surface area (Å²) in [5, 5.41) is 3.10. The average molecular weight is 360 g/mol. The van der Waals surface area contributed by atoms with Gasteiger partial charge in [0.05, 0.1) is 12.2 Å². The lowest BCUT2D eigenvalue weighted by Crippen LogP contribution is -2.39. The Kier molecular flexibility index (Phi) is 5.61. The molecule has 0 unspecified atom stereocenters. The van der Waals surface area contributed by atoms with Gasteiger partial charge in [0, 0.05) is 10.2 Å². The normalized spacial score (nSPS) is 9.91. The van der Waals surface area contributed by atoms with Crippen molar-refractivity contribution in [2.24, 2.45) is 0 Å². The van der Waals surface area contributed by atoms with E-state index in [0.29, 0.717) is 5.70 Å². The second-order valence-corrected chi connectivity index (χ2v) is 5.75. The van der Waals surface area contributed by atoms with Crippen LogP contribution in [-0.4, -0.2) is 12.5 Å². The summed E-state index contributed by atoms with van der Waals surface area (Å²) in [6, 6.07) is 15.5. The summed E-state index contributed by atoms with van der Waals surface area (Å²) in [4.78, 5) is 11.8. The zero-order valence-corrected chi connectivity index (χ0v) is 13.9. The van der Waals surface area contributed by atoms with Crippen LogP contribution in [0, 0.1) is 6.92 Å². The number of benzene rings is 2. The minimum Gasteiger partial charge on any atom is -0.376 e. The molecule has 0 radical (unpaired) electrons. The number of para-hydroxylation sites is 1. The van der Waals surface area contributed by atoms with Crippen LogP contribution < -0.4 is 16.2 Å². The van der Waals surface area contributed by atoms with Crippen molar-refractivity contribution in [2.75, 3.05) is 11.9 Å². The zero-order valence-electron chi connectivity index (χ0n) is 12.3. The number of anilines is 1. The number of hydrogen-bond donors (Lipinski definition) is 3. The van der Waals surface area contributed by atoms with Gasteiger partial charge in [0.25, 0.3) is 5.91 Å². The predicted octanol–water partition coefficient (Wildman–Crippen LogP) is 3.46. The fourth-order valence-electron chi connectivity index (χ4n) is 1.88. The van der Waals surface area contributed by atoms with Crippen LogP contribution in [0.5, 0.6) is 0 Å². The Balaban J connectivity index is 1.81. The highest BCUT2D eigenvalue weighted by molar-refractivity contribution is 9.10. The molecule has 0 saturated heterocycles. The molecule has 0 fully saturated rings. The third kappa shape index (κ3) is 4.63. The van der Waals surface area contributed by atoms with Crippen molar-refractivity contribution in [3.63, 3.8) is 0 Å². The maximum Gasteiger partial charge on any atom is 0.257 e. The number of halogens is 1. The maximum absolute atomic E-state index is 11.8. The van der Waals surface area contributed by atoms with Crippen molar-refractivity contribution in [2.45, 2.75) is 6.92 Å². The molecule has 2 rings (SSSR count). The molecular formula is C17H18BrN3O. The van der Waals surface area contributed by atoms with E-state index in [2.05, 4.69) is 38.7 Å². The van der Waals surface area contributed by atoms with Gasteiger partial charge in [-0.1, -0.05) is 52.8 Å². The van der Waals surface area contributed by atoms with E-state index in [1.807, 2.05) is 55.5 Å². The number of nitrogens with one attached hydrogen (secondary N) is 3. The number of aryl methyl sites for hydroxylation is 1. The molecule has 0 saturated carbocycles. The first-order valence-electron chi connectivity index (χ1n) is 6.85. The fraction of sp³-hybridized carbons (Fsp3) is 0.118. The molecule has 0 heterocycles. The topological polar surface area (TPSA) is 53.2 Å². The standard InChI is InChI=1S/C17H18BrN3O/c1-12-6-3-4-9-16(12)19-11-17(22)21-20-13(2)14-7-5-8-15(18)10-14/h3-10,19-20H,2,11H2,1H3,(H,21,22). The molecule has 0 aliphatic heterocycles. The third-order valence-corrected chi connectivity index (χ3v) is 3.60. The van der Waals surface area contributed by atoms with Crippen LogP contribution in [0.4, 0.5) is 5.69 Å². The van der Waals surface area contributed by atoms with Gasteiger partial charge in [-0.15, -0.1) is 0 Å². The van der Waals surface area contributed by atoms with Crippen molar-refractivity contribution in [1.82, 2.24) is 10.9 Å². The first-order valence-corrected chi connectivity index (χ1v) is 7.65. The van der Waals surface area contributed by atoms with Crippen molar-refractivity contribution < 1.29 is 4.79 Å². The number of hydrazine groups is 1. The van der Waals surface area contributed by atoms with Crippen LogP contribution in [0.2, 0.25) is 0 Å². The molecular weight excluding hydrogens is 342 g/mol. The van der Waals surface area contributed by atoms with Gasteiger partial charge in [-0.2, -0.15) is 0 Å². The number of carbonyl (C=O) groups is 1. The first-order chi connectivity index (χ1) is 10.6. The number of hydrogen-bond acceptors (Lipinski definition) is 3. The maximum atomic E-state index is 11.8. The molecule has 0 atom stereocenters. The van der Waals surface area contributed by atoms with Crippen molar-refractivity contribution in [3.8, 4) is 0 Å². The molecule has 0 bridgehead atoms. The van der Waals surface area contributed by atoms with Gasteiger partial charge in [-0.3, -0.25) is 15.6 Å². The van der Waals surface area contributed by atoms with Crippen LogP contribution in [0.15, 0.2) is 59.6 Å². The molecule has 4 nitrogen and oxygen atoms in total. The Morgan fingerprint density at radius 3 is 2.64 bits per heavy atom. The third-order valence-electron chi connectivity index (χ3n) is 3.11. The lowest BCUT2D eigenvalue weighted by atomic mass is 10.2. The van der Waals surface area contributed by atoms with Gasteiger partial charge in [0.1, 0.15) is 0 Å². The van der Waals surface area contributed by atoms with Gasteiger partial charge in [-0.25, -0.2) is 0 Å². The summed E-state index contributed by atoms with van der Waals surface area (Å²) >= 11 is 3.40. The van der Waals surface area contributed by atoms with Gasteiger partial charge in [-0.05, 0) is 36.2 Å². The van der Waals surface area contributed by atoms with Crippen LogP contribution in [0.25, 0.3) is 5.70 Å². The van der Waals surface area contributed by atoms with E-state index in [4.69, 9.17) is 0 Å². The SMILES string of the molecule is C=C(NNC(=O)CNc1ccccc1C)c1cccc(Br)c1. The molecule has 0 aliphatic carbocycles. The highest BCUT2D eigenvalue weighted by Crippen LogP contribution is 2.15. The smallest absolute Gasteiger partial charge is 0.257 e. The molecule has 2 aromatic carbocycles. The molecule has 114 valence electrons. The Morgan fingerprint density at radius 1 is 1.14 bits per heavy atom. The zero-order chi connectivity index (χ0) is 15.9. The predicted molar refractivity (Wildman–Crippen MR) is 94.1 cm³/mol. The van der Waals surface area contributed by atoms with Crippen LogP contribution in [0.3, 0.4) is 0 Å². The summed E-state index contributed by atoms with van der Waals surface area (Å²) in [5.74, 6) is -0.167. The average Bonchev–Trinajstić information content (AvgIpc) is 2.52. The fourth-order valence-corrected chi connectivity index (χ4v) is 2.28.